The van der Waals surface area contributed by atoms with E-state index in [4.69, 9.17) is 4.74 Å². The van der Waals surface area contributed by atoms with E-state index in [0.717, 1.165) is 12.2 Å². The van der Waals surface area contributed by atoms with Crippen LogP contribution in [0.3, 0.4) is 0 Å². The lowest BCUT2D eigenvalue weighted by Crippen LogP contribution is -2.27. The van der Waals surface area contributed by atoms with Crippen LogP contribution in [0.15, 0.2) is 48.5 Å². The molecule has 0 unspecified atom stereocenters. The van der Waals surface area contributed by atoms with Crippen molar-refractivity contribution < 1.29 is 9.53 Å². The number of carbonyl (C=O) groups is 1. The highest BCUT2D eigenvalue weighted by atomic mass is 16.6. The maximum absolute atomic E-state index is 11.7. The molecule has 0 radical (unpaired) electrons. The molecule has 1 amide bonds. The number of ether oxygens (including phenoxy) is 1. The fourth-order valence-electron chi connectivity index (χ4n) is 2.12. The van der Waals surface area contributed by atoms with Gasteiger partial charge >= 0.3 is 6.09 Å². The molecule has 4 nitrogen and oxygen atoms in total. The van der Waals surface area contributed by atoms with Crippen LogP contribution in [0.25, 0.3) is 0 Å². The first-order chi connectivity index (χ1) is 10.8. The molecule has 0 fully saturated rings. The topological polar surface area (TPSA) is 50.4 Å². The SMILES string of the molecule is Cc1cccc(CNc2ccc(NC(=O)OC(C)(C)C)cc2)c1. The molecular weight excluding hydrogens is 288 g/mol. The zero-order valence-corrected chi connectivity index (χ0v) is 14.1. The molecule has 4 heteroatoms. The third-order valence-electron chi connectivity index (χ3n) is 3.11. The molecule has 0 heterocycles. The zero-order chi connectivity index (χ0) is 16.9. The molecule has 0 atom stereocenters. The van der Waals surface area contributed by atoms with E-state index < -0.39 is 11.7 Å². The summed E-state index contributed by atoms with van der Waals surface area (Å²) in [6, 6.07) is 16.0. The summed E-state index contributed by atoms with van der Waals surface area (Å²) < 4.78 is 5.22. The van der Waals surface area contributed by atoms with Crippen LogP contribution in [0.5, 0.6) is 0 Å². The van der Waals surface area contributed by atoms with Crippen molar-refractivity contribution in [3.63, 3.8) is 0 Å². The van der Waals surface area contributed by atoms with Gasteiger partial charge in [0.1, 0.15) is 5.60 Å². The Morgan fingerprint density at radius 3 is 2.30 bits per heavy atom. The molecule has 2 N–H and O–H groups in total. The summed E-state index contributed by atoms with van der Waals surface area (Å²) in [5.41, 5.74) is 3.70. The van der Waals surface area contributed by atoms with Crippen LogP contribution in [-0.4, -0.2) is 11.7 Å². The number of nitrogens with one attached hydrogen (secondary N) is 2. The second-order valence-corrected chi connectivity index (χ2v) is 6.55. The molecule has 23 heavy (non-hydrogen) atoms. The summed E-state index contributed by atoms with van der Waals surface area (Å²) in [5, 5.41) is 6.08. The van der Waals surface area contributed by atoms with E-state index >= 15 is 0 Å². The Morgan fingerprint density at radius 2 is 1.70 bits per heavy atom. The first kappa shape index (κ1) is 16.9. The molecule has 0 aromatic heterocycles. The average molecular weight is 312 g/mol. The van der Waals surface area contributed by atoms with Gasteiger partial charge in [-0.3, -0.25) is 5.32 Å². The first-order valence-electron chi connectivity index (χ1n) is 7.71. The van der Waals surface area contributed by atoms with Gasteiger partial charge in [-0.05, 0) is 57.5 Å². The Bertz CT molecular complexity index is 658. The van der Waals surface area contributed by atoms with Gasteiger partial charge in [0.2, 0.25) is 0 Å². The van der Waals surface area contributed by atoms with E-state index in [9.17, 15) is 4.79 Å². The number of aryl methyl sites for hydroxylation is 1. The second kappa shape index (κ2) is 7.18. The maximum Gasteiger partial charge on any atom is 0.412 e. The molecule has 0 saturated heterocycles. The smallest absolute Gasteiger partial charge is 0.412 e. The van der Waals surface area contributed by atoms with Crippen LogP contribution in [0, 0.1) is 6.92 Å². The molecule has 0 aliphatic rings. The molecule has 122 valence electrons. The van der Waals surface area contributed by atoms with Gasteiger partial charge in [0.15, 0.2) is 0 Å². The molecule has 0 bridgehead atoms. The fourth-order valence-corrected chi connectivity index (χ4v) is 2.12. The minimum Gasteiger partial charge on any atom is -0.444 e. The van der Waals surface area contributed by atoms with Crippen LogP contribution in [0.2, 0.25) is 0 Å². The van der Waals surface area contributed by atoms with E-state index in [2.05, 4.69) is 41.8 Å². The van der Waals surface area contributed by atoms with Crippen molar-refractivity contribution in [3.05, 3.63) is 59.7 Å². The van der Waals surface area contributed by atoms with E-state index in [1.807, 2.05) is 45.0 Å². The summed E-state index contributed by atoms with van der Waals surface area (Å²) in [7, 11) is 0. The Hall–Kier alpha value is -2.49. The van der Waals surface area contributed by atoms with Crippen molar-refractivity contribution in [2.24, 2.45) is 0 Å². The van der Waals surface area contributed by atoms with E-state index in [1.165, 1.54) is 11.1 Å². The first-order valence-corrected chi connectivity index (χ1v) is 7.71. The van der Waals surface area contributed by atoms with Crippen LogP contribution in [-0.2, 0) is 11.3 Å². The Labute approximate surface area is 137 Å². The predicted octanol–water partition coefficient (Wildman–Crippen LogP) is 4.95. The van der Waals surface area contributed by atoms with Crippen molar-refractivity contribution in [1.29, 1.82) is 0 Å². The molecule has 0 saturated carbocycles. The Kier molecular flexibility index (Phi) is 5.27. The summed E-state index contributed by atoms with van der Waals surface area (Å²) in [4.78, 5) is 11.7. The molecule has 2 aromatic carbocycles. The highest BCUT2D eigenvalue weighted by molar-refractivity contribution is 5.85. The quantitative estimate of drug-likeness (QED) is 0.839. The molecule has 2 rings (SSSR count). The largest absolute Gasteiger partial charge is 0.444 e. The van der Waals surface area contributed by atoms with Gasteiger partial charge in [-0.2, -0.15) is 0 Å². The Balaban J connectivity index is 1.88. The van der Waals surface area contributed by atoms with Gasteiger partial charge in [-0.25, -0.2) is 4.79 Å². The molecule has 2 aromatic rings. The van der Waals surface area contributed by atoms with E-state index in [0.29, 0.717) is 5.69 Å². The number of rotatable bonds is 4. The van der Waals surface area contributed by atoms with Crippen molar-refractivity contribution >= 4 is 17.5 Å². The number of hydrogen-bond donors (Lipinski definition) is 2. The van der Waals surface area contributed by atoms with Crippen molar-refractivity contribution in [2.75, 3.05) is 10.6 Å². The molecule has 0 aliphatic heterocycles. The number of benzene rings is 2. The average Bonchev–Trinajstić information content (AvgIpc) is 2.44. The lowest BCUT2D eigenvalue weighted by atomic mass is 10.1. The number of carbonyl (C=O) groups excluding carboxylic acids is 1. The van der Waals surface area contributed by atoms with E-state index in [-0.39, 0.29) is 0 Å². The summed E-state index contributed by atoms with van der Waals surface area (Å²) in [6.07, 6.45) is -0.446. The summed E-state index contributed by atoms with van der Waals surface area (Å²) in [5.74, 6) is 0. The van der Waals surface area contributed by atoms with Gasteiger partial charge in [0.05, 0.1) is 0 Å². The fraction of sp³-hybridized carbons (Fsp3) is 0.316. The normalized spacial score (nSPS) is 11.0. The Morgan fingerprint density at radius 1 is 1.04 bits per heavy atom. The molecular formula is C19H24N2O2. The highest BCUT2D eigenvalue weighted by Gasteiger charge is 2.15. The minimum absolute atomic E-state index is 0.446. The lowest BCUT2D eigenvalue weighted by molar-refractivity contribution is 0.0636. The third kappa shape index (κ3) is 6.02. The predicted molar refractivity (Wildman–Crippen MR) is 94.8 cm³/mol. The van der Waals surface area contributed by atoms with Gasteiger partial charge in [0.25, 0.3) is 0 Å². The van der Waals surface area contributed by atoms with Gasteiger partial charge in [-0.1, -0.05) is 29.8 Å². The third-order valence-corrected chi connectivity index (χ3v) is 3.11. The lowest BCUT2D eigenvalue weighted by Gasteiger charge is -2.19. The maximum atomic E-state index is 11.7. The van der Waals surface area contributed by atoms with Crippen LogP contribution < -0.4 is 10.6 Å². The van der Waals surface area contributed by atoms with E-state index in [1.54, 1.807) is 0 Å². The second-order valence-electron chi connectivity index (χ2n) is 6.55. The van der Waals surface area contributed by atoms with Crippen LogP contribution >= 0.6 is 0 Å². The highest BCUT2D eigenvalue weighted by Crippen LogP contribution is 2.16. The number of hydrogen-bond acceptors (Lipinski definition) is 3. The van der Waals surface area contributed by atoms with Crippen molar-refractivity contribution in [1.82, 2.24) is 0 Å². The van der Waals surface area contributed by atoms with Gasteiger partial charge < -0.3 is 10.1 Å². The minimum atomic E-state index is -0.501. The zero-order valence-electron chi connectivity index (χ0n) is 14.1. The number of amides is 1. The summed E-state index contributed by atoms with van der Waals surface area (Å²) in [6.45, 7) is 8.36. The molecule has 0 aliphatic carbocycles. The van der Waals surface area contributed by atoms with Crippen molar-refractivity contribution in [2.45, 2.75) is 39.8 Å². The van der Waals surface area contributed by atoms with Gasteiger partial charge in [0, 0.05) is 17.9 Å². The number of anilines is 2. The van der Waals surface area contributed by atoms with Crippen LogP contribution in [0.4, 0.5) is 16.2 Å². The van der Waals surface area contributed by atoms with Crippen molar-refractivity contribution in [3.8, 4) is 0 Å². The standard InChI is InChI=1S/C19H24N2O2/c1-14-6-5-7-15(12-14)13-20-16-8-10-17(11-9-16)21-18(22)23-19(2,3)4/h5-12,20H,13H2,1-4H3,(H,21,22). The summed E-state index contributed by atoms with van der Waals surface area (Å²) >= 11 is 0. The van der Waals surface area contributed by atoms with Crippen LogP contribution in [0.1, 0.15) is 31.9 Å². The monoisotopic (exact) mass is 312 g/mol. The van der Waals surface area contributed by atoms with Gasteiger partial charge in [-0.15, -0.1) is 0 Å². The molecule has 0 spiro atoms.